The molecule has 0 aliphatic heterocycles. The molecule has 0 heterocycles. The SMILES string of the molecule is CCS(=O)(=O)CCCC(=O)CC(CN)CC(C)C. The van der Waals surface area contributed by atoms with Crippen LogP contribution in [0.1, 0.15) is 46.5 Å². The highest BCUT2D eigenvalue weighted by atomic mass is 32.2. The largest absolute Gasteiger partial charge is 0.330 e. The van der Waals surface area contributed by atoms with Crippen LogP contribution in [0.5, 0.6) is 0 Å². The summed E-state index contributed by atoms with van der Waals surface area (Å²) in [5.74, 6) is 1.18. The van der Waals surface area contributed by atoms with E-state index in [1.54, 1.807) is 6.92 Å². The van der Waals surface area contributed by atoms with Crippen LogP contribution in [0.25, 0.3) is 0 Å². The maximum absolute atomic E-state index is 11.7. The Kier molecular flexibility index (Phi) is 8.44. The Balaban J connectivity index is 3.96. The molecule has 0 aromatic carbocycles. The van der Waals surface area contributed by atoms with Crippen LogP contribution in [-0.4, -0.2) is 32.3 Å². The Morgan fingerprint density at radius 1 is 1.28 bits per heavy atom. The van der Waals surface area contributed by atoms with Gasteiger partial charge in [-0.3, -0.25) is 4.79 Å². The molecule has 0 saturated carbocycles. The van der Waals surface area contributed by atoms with Gasteiger partial charge in [0.05, 0.1) is 5.75 Å². The van der Waals surface area contributed by atoms with Gasteiger partial charge in [0, 0.05) is 18.6 Å². The van der Waals surface area contributed by atoms with E-state index in [1.807, 2.05) is 0 Å². The molecule has 0 rings (SSSR count). The summed E-state index contributed by atoms with van der Waals surface area (Å²) in [5, 5.41) is 0. The molecule has 0 aliphatic carbocycles. The van der Waals surface area contributed by atoms with E-state index >= 15 is 0 Å². The molecule has 0 aliphatic rings. The summed E-state index contributed by atoms with van der Waals surface area (Å²) in [4.78, 5) is 11.7. The molecular formula is C13H27NO3S. The lowest BCUT2D eigenvalue weighted by Gasteiger charge is -2.16. The van der Waals surface area contributed by atoms with Crippen molar-refractivity contribution in [1.82, 2.24) is 0 Å². The number of Topliss-reactive ketones (excluding diaryl/α,β-unsaturated/α-hetero) is 1. The van der Waals surface area contributed by atoms with E-state index < -0.39 is 9.84 Å². The van der Waals surface area contributed by atoms with Crippen molar-refractivity contribution >= 4 is 15.6 Å². The molecule has 4 nitrogen and oxygen atoms in total. The second-order valence-corrected chi connectivity index (χ2v) is 7.79. The fraction of sp³-hybridized carbons (Fsp3) is 0.923. The monoisotopic (exact) mass is 277 g/mol. The minimum absolute atomic E-state index is 0.118. The Morgan fingerprint density at radius 2 is 1.89 bits per heavy atom. The van der Waals surface area contributed by atoms with Crippen LogP contribution in [-0.2, 0) is 14.6 Å². The van der Waals surface area contributed by atoms with E-state index in [0.717, 1.165) is 6.42 Å². The number of nitrogens with two attached hydrogens (primary N) is 1. The van der Waals surface area contributed by atoms with Gasteiger partial charge in [-0.1, -0.05) is 20.8 Å². The molecule has 2 N–H and O–H groups in total. The van der Waals surface area contributed by atoms with Crippen molar-refractivity contribution in [3.63, 3.8) is 0 Å². The predicted octanol–water partition coefficient (Wildman–Crippen LogP) is 1.78. The van der Waals surface area contributed by atoms with E-state index in [2.05, 4.69) is 13.8 Å². The zero-order valence-electron chi connectivity index (χ0n) is 11.8. The van der Waals surface area contributed by atoms with Gasteiger partial charge in [-0.05, 0) is 31.2 Å². The predicted molar refractivity (Wildman–Crippen MR) is 75.2 cm³/mol. The average Bonchev–Trinajstić information content (AvgIpc) is 2.27. The van der Waals surface area contributed by atoms with Crippen LogP contribution in [0, 0.1) is 11.8 Å². The summed E-state index contributed by atoms with van der Waals surface area (Å²) in [6, 6.07) is 0. The summed E-state index contributed by atoms with van der Waals surface area (Å²) in [5.41, 5.74) is 5.64. The highest BCUT2D eigenvalue weighted by Crippen LogP contribution is 2.16. The lowest BCUT2D eigenvalue weighted by atomic mass is 9.91. The van der Waals surface area contributed by atoms with Crippen molar-refractivity contribution in [3.05, 3.63) is 0 Å². The summed E-state index contributed by atoms with van der Waals surface area (Å²) < 4.78 is 22.5. The quantitative estimate of drug-likeness (QED) is 0.660. The third-order valence-electron chi connectivity index (χ3n) is 3.01. The molecular weight excluding hydrogens is 250 g/mol. The molecule has 0 bridgehead atoms. The minimum atomic E-state index is -2.95. The summed E-state index contributed by atoms with van der Waals surface area (Å²) in [6.45, 7) is 6.38. The Bertz CT molecular complexity index is 336. The standard InChI is InChI=1S/C13H27NO3S/c1-4-18(16,17)7-5-6-13(15)9-12(10-14)8-11(2)3/h11-12H,4-10,14H2,1-3H3. The van der Waals surface area contributed by atoms with Crippen LogP contribution in [0.2, 0.25) is 0 Å². The van der Waals surface area contributed by atoms with Gasteiger partial charge in [-0.15, -0.1) is 0 Å². The first-order valence-corrected chi connectivity index (χ1v) is 8.55. The molecule has 0 aromatic rings. The van der Waals surface area contributed by atoms with Crippen molar-refractivity contribution in [2.24, 2.45) is 17.6 Å². The van der Waals surface area contributed by atoms with Gasteiger partial charge in [0.25, 0.3) is 0 Å². The van der Waals surface area contributed by atoms with Gasteiger partial charge < -0.3 is 5.73 Å². The van der Waals surface area contributed by atoms with E-state index in [4.69, 9.17) is 5.73 Å². The second-order valence-electron chi connectivity index (χ2n) is 5.31. The average molecular weight is 277 g/mol. The number of carbonyl (C=O) groups excluding carboxylic acids is 1. The maximum Gasteiger partial charge on any atom is 0.150 e. The molecule has 1 atom stereocenters. The number of sulfone groups is 1. The molecule has 0 fully saturated rings. The number of hydrogen-bond acceptors (Lipinski definition) is 4. The number of ketones is 1. The minimum Gasteiger partial charge on any atom is -0.330 e. The van der Waals surface area contributed by atoms with Crippen LogP contribution < -0.4 is 5.73 Å². The molecule has 108 valence electrons. The maximum atomic E-state index is 11.7. The van der Waals surface area contributed by atoms with Gasteiger partial charge in [-0.2, -0.15) is 0 Å². The first-order chi connectivity index (χ1) is 8.30. The van der Waals surface area contributed by atoms with Crippen LogP contribution in [0.4, 0.5) is 0 Å². The van der Waals surface area contributed by atoms with E-state index in [9.17, 15) is 13.2 Å². The molecule has 18 heavy (non-hydrogen) atoms. The first-order valence-electron chi connectivity index (χ1n) is 6.72. The van der Waals surface area contributed by atoms with Crippen LogP contribution in [0.3, 0.4) is 0 Å². The van der Waals surface area contributed by atoms with Crippen LogP contribution in [0.15, 0.2) is 0 Å². The highest BCUT2D eigenvalue weighted by Gasteiger charge is 2.15. The molecule has 5 heteroatoms. The zero-order valence-corrected chi connectivity index (χ0v) is 12.6. The molecule has 0 aromatic heterocycles. The van der Waals surface area contributed by atoms with Gasteiger partial charge in [0.15, 0.2) is 0 Å². The number of hydrogen-bond donors (Lipinski definition) is 1. The van der Waals surface area contributed by atoms with Crippen molar-refractivity contribution in [1.29, 1.82) is 0 Å². The molecule has 0 spiro atoms. The second kappa shape index (κ2) is 8.64. The van der Waals surface area contributed by atoms with Gasteiger partial charge in [-0.25, -0.2) is 8.42 Å². The van der Waals surface area contributed by atoms with Gasteiger partial charge in [0.2, 0.25) is 0 Å². The van der Waals surface area contributed by atoms with Crippen molar-refractivity contribution < 1.29 is 13.2 Å². The van der Waals surface area contributed by atoms with E-state index in [0.29, 0.717) is 31.7 Å². The number of rotatable bonds is 10. The third-order valence-corrected chi connectivity index (χ3v) is 4.80. The smallest absolute Gasteiger partial charge is 0.150 e. The molecule has 1 unspecified atom stereocenters. The van der Waals surface area contributed by atoms with Crippen molar-refractivity contribution in [2.75, 3.05) is 18.1 Å². The first kappa shape index (κ1) is 17.6. The highest BCUT2D eigenvalue weighted by molar-refractivity contribution is 7.91. The Labute approximate surface area is 111 Å². The molecule has 0 amide bonds. The Morgan fingerprint density at radius 3 is 2.33 bits per heavy atom. The van der Waals surface area contributed by atoms with Crippen LogP contribution >= 0.6 is 0 Å². The Hall–Kier alpha value is -0.420. The van der Waals surface area contributed by atoms with Gasteiger partial charge >= 0.3 is 0 Å². The zero-order chi connectivity index (χ0) is 14.2. The summed E-state index contributed by atoms with van der Waals surface area (Å²) in [6.07, 6.45) is 2.23. The fourth-order valence-corrected chi connectivity index (χ4v) is 2.86. The lowest BCUT2D eigenvalue weighted by Crippen LogP contribution is -2.20. The number of carbonyl (C=O) groups is 1. The summed E-state index contributed by atoms with van der Waals surface area (Å²) >= 11 is 0. The van der Waals surface area contributed by atoms with E-state index in [-0.39, 0.29) is 23.2 Å². The summed E-state index contributed by atoms with van der Waals surface area (Å²) in [7, 11) is -2.95. The third kappa shape index (κ3) is 8.64. The van der Waals surface area contributed by atoms with E-state index in [1.165, 1.54) is 0 Å². The van der Waals surface area contributed by atoms with Gasteiger partial charge in [0.1, 0.15) is 15.6 Å². The normalized spacial score (nSPS) is 13.8. The van der Waals surface area contributed by atoms with Crippen molar-refractivity contribution in [3.8, 4) is 0 Å². The topological polar surface area (TPSA) is 77.2 Å². The fourth-order valence-electron chi connectivity index (χ4n) is 1.99. The molecule has 0 saturated heterocycles. The lowest BCUT2D eigenvalue weighted by molar-refractivity contribution is -0.120. The van der Waals surface area contributed by atoms with Crippen molar-refractivity contribution in [2.45, 2.75) is 46.5 Å². The molecule has 0 radical (unpaired) electrons.